The topological polar surface area (TPSA) is 61.4 Å². The summed E-state index contributed by atoms with van der Waals surface area (Å²) in [6.07, 6.45) is 2.69. The molecule has 24 heavy (non-hydrogen) atoms. The van der Waals surface area contributed by atoms with Gasteiger partial charge in [0.15, 0.2) is 0 Å². The average Bonchev–Trinajstić information content (AvgIpc) is 3.09. The van der Waals surface area contributed by atoms with Crippen molar-refractivity contribution in [2.24, 2.45) is 0 Å². The number of rotatable bonds is 5. The molecule has 0 aliphatic carbocycles. The number of thiophene rings is 1. The van der Waals surface area contributed by atoms with Gasteiger partial charge in [-0.05, 0) is 42.0 Å². The smallest absolute Gasteiger partial charge is 0.319 e. The summed E-state index contributed by atoms with van der Waals surface area (Å²) in [5.41, 5.74) is 1.77. The Bertz CT molecular complexity index is 700. The van der Waals surface area contributed by atoms with Gasteiger partial charge >= 0.3 is 6.03 Å². The predicted molar refractivity (Wildman–Crippen MR) is 95.9 cm³/mol. The first-order valence-corrected chi connectivity index (χ1v) is 9.02. The van der Waals surface area contributed by atoms with Crippen molar-refractivity contribution in [1.29, 1.82) is 0 Å². The van der Waals surface area contributed by atoms with Gasteiger partial charge < -0.3 is 15.5 Å². The summed E-state index contributed by atoms with van der Waals surface area (Å²) in [6.45, 7) is 1.94. The van der Waals surface area contributed by atoms with Gasteiger partial charge in [0.2, 0.25) is 5.91 Å². The summed E-state index contributed by atoms with van der Waals surface area (Å²) >= 11 is 1.61. The van der Waals surface area contributed by atoms with Crippen LogP contribution in [-0.4, -0.2) is 23.4 Å². The van der Waals surface area contributed by atoms with Crippen LogP contribution >= 0.6 is 11.3 Å². The molecule has 5 nitrogen and oxygen atoms in total. The monoisotopic (exact) mass is 343 g/mol. The van der Waals surface area contributed by atoms with E-state index < -0.39 is 0 Å². The van der Waals surface area contributed by atoms with Gasteiger partial charge in [0, 0.05) is 30.1 Å². The number of likely N-dealkylation sites (tertiary alicyclic amines) is 1. The first-order valence-electron chi connectivity index (χ1n) is 8.15. The van der Waals surface area contributed by atoms with Crippen molar-refractivity contribution in [3.8, 4) is 0 Å². The summed E-state index contributed by atoms with van der Waals surface area (Å²) in [5.74, 6) is 0.216. The Labute approximate surface area is 145 Å². The maximum atomic E-state index is 12.0. The number of carbonyl (C=O) groups excluding carboxylic acids is 2. The number of nitrogens with one attached hydrogen (secondary N) is 2. The molecule has 1 aromatic carbocycles. The highest BCUT2D eigenvalue weighted by atomic mass is 32.1. The SMILES string of the molecule is O=C(NCc1cccs1)Nc1cccc(CN2CCCCC2=O)c1. The maximum Gasteiger partial charge on any atom is 0.319 e. The highest BCUT2D eigenvalue weighted by Gasteiger charge is 2.18. The minimum absolute atomic E-state index is 0.216. The molecule has 1 fully saturated rings. The highest BCUT2D eigenvalue weighted by molar-refractivity contribution is 7.09. The van der Waals surface area contributed by atoms with Gasteiger partial charge in [-0.3, -0.25) is 4.79 Å². The zero-order chi connectivity index (χ0) is 16.8. The van der Waals surface area contributed by atoms with Crippen LogP contribution in [0, 0.1) is 0 Å². The quantitative estimate of drug-likeness (QED) is 0.872. The molecule has 0 unspecified atom stereocenters. The van der Waals surface area contributed by atoms with E-state index in [9.17, 15) is 9.59 Å². The van der Waals surface area contributed by atoms with Crippen LogP contribution in [0.5, 0.6) is 0 Å². The molecule has 2 aromatic rings. The van der Waals surface area contributed by atoms with Crippen LogP contribution in [0.4, 0.5) is 10.5 Å². The Morgan fingerprint density at radius 3 is 2.92 bits per heavy atom. The van der Waals surface area contributed by atoms with E-state index in [1.807, 2.05) is 46.7 Å². The fourth-order valence-electron chi connectivity index (χ4n) is 2.75. The van der Waals surface area contributed by atoms with E-state index in [4.69, 9.17) is 0 Å². The van der Waals surface area contributed by atoms with Crippen LogP contribution in [0.1, 0.15) is 29.7 Å². The molecule has 1 saturated heterocycles. The normalized spacial score (nSPS) is 14.5. The lowest BCUT2D eigenvalue weighted by molar-refractivity contribution is -0.133. The van der Waals surface area contributed by atoms with E-state index in [0.29, 0.717) is 19.5 Å². The summed E-state index contributed by atoms with van der Waals surface area (Å²) in [7, 11) is 0. The van der Waals surface area contributed by atoms with Crippen molar-refractivity contribution in [3.63, 3.8) is 0 Å². The Balaban J connectivity index is 1.54. The minimum Gasteiger partial charge on any atom is -0.338 e. The zero-order valence-electron chi connectivity index (χ0n) is 13.5. The molecule has 0 spiro atoms. The van der Waals surface area contributed by atoms with Crippen LogP contribution < -0.4 is 10.6 Å². The molecule has 2 N–H and O–H groups in total. The second kappa shape index (κ2) is 7.97. The Kier molecular flexibility index (Phi) is 5.48. The zero-order valence-corrected chi connectivity index (χ0v) is 14.3. The molecule has 3 rings (SSSR count). The second-order valence-electron chi connectivity index (χ2n) is 5.86. The number of hydrogen-bond donors (Lipinski definition) is 2. The molecule has 1 aliphatic rings. The average molecular weight is 343 g/mol. The van der Waals surface area contributed by atoms with E-state index in [0.717, 1.165) is 35.5 Å². The lowest BCUT2D eigenvalue weighted by Gasteiger charge is -2.26. The second-order valence-corrected chi connectivity index (χ2v) is 6.89. The molecule has 0 saturated carbocycles. The van der Waals surface area contributed by atoms with Gasteiger partial charge in [-0.25, -0.2) is 4.79 Å². The lowest BCUT2D eigenvalue weighted by Crippen LogP contribution is -2.34. The van der Waals surface area contributed by atoms with Crippen molar-refractivity contribution in [2.75, 3.05) is 11.9 Å². The molecule has 0 radical (unpaired) electrons. The Morgan fingerprint density at radius 2 is 2.12 bits per heavy atom. The Morgan fingerprint density at radius 1 is 1.21 bits per heavy atom. The lowest BCUT2D eigenvalue weighted by atomic mass is 10.1. The molecular formula is C18H21N3O2S. The number of nitrogens with zero attached hydrogens (tertiary/aromatic N) is 1. The van der Waals surface area contributed by atoms with E-state index in [1.54, 1.807) is 11.3 Å². The predicted octanol–water partition coefficient (Wildman–Crippen LogP) is 3.58. The third-order valence-corrected chi connectivity index (χ3v) is 4.86. The van der Waals surface area contributed by atoms with Crippen LogP contribution in [0.2, 0.25) is 0 Å². The third kappa shape index (κ3) is 4.58. The van der Waals surface area contributed by atoms with Gasteiger partial charge in [0.05, 0.1) is 6.54 Å². The summed E-state index contributed by atoms with van der Waals surface area (Å²) in [5, 5.41) is 7.67. The number of anilines is 1. The van der Waals surface area contributed by atoms with Gasteiger partial charge in [0.1, 0.15) is 0 Å². The van der Waals surface area contributed by atoms with Gasteiger partial charge in [0.25, 0.3) is 0 Å². The molecule has 6 heteroatoms. The van der Waals surface area contributed by atoms with Gasteiger partial charge in [-0.15, -0.1) is 11.3 Å². The minimum atomic E-state index is -0.227. The summed E-state index contributed by atoms with van der Waals surface area (Å²) in [6, 6.07) is 11.4. The molecule has 2 heterocycles. The van der Waals surface area contributed by atoms with E-state index in [1.165, 1.54) is 0 Å². The fourth-order valence-corrected chi connectivity index (χ4v) is 3.40. The molecule has 126 valence electrons. The van der Waals surface area contributed by atoms with E-state index >= 15 is 0 Å². The first-order chi connectivity index (χ1) is 11.7. The van der Waals surface area contributed by atoms with E-state index in [2.05, 4.69) is 10.6 Å². The molecule has 0 bridgehead atoms. The van der Waals surface area contributed by atoms with Crippen molar-refractivity contribution in [3.05, 3.63) is 52.2 Å². The molecular weight excluding hydrogens is 322 g/mol. The summed E-state index contributed by atoms with van der Waals surface area (Å²) < 4.78 is 0. The third-order valence-electron chi connectivity index (χ3n) is 3.98. The van der Waals surface area contributed by atoms with Crippen molar-refractivity contribution in [1.82, 2.24) is 10.2 Å². The first kappa shape index (κ1) is 16.5. The van der Waals surface area contributed by atoms with Crippen molar-refractivity contribution < 1.29 is 9.59 Å². The maximum absolute atomic E-state index is 12.0. The number of urea groups is 1. The van der Waals surface area contributed by atoms with Gasteiger partial charge in [-0.1, -0.05) is 18.2 Å². The van der Waals surface area contributed by atoms with Crippen LogP contribution in [0.25, 0.3) is 0 Å². The standard InChI is InChI=1S/C18H21N3O2S/c22-17-8-1-2-9-21(17)13-14-5-3-6-15(11-14)20-18(23)19-12-16-7-4-10-24-16/h3-7,10-11H,1-2,8-9,12-13H2,(H2,19,20,23). The summed E-state index contributed by atoms with van der Waals surface area (Å²) in [4.78, 5) is 26.9. The van der Waals surface area contributed by atoms with Crippen molar-refractivity contribution >= 4 is 29.0 Å². The van der Waals surface area contributed by atoms with Crippen LogP contribution in [0.15, 0.2) is 41.8 Å². The molecule has 0 atom stereocenters. The van der Waals surface area contributed by atoms with Crippen LogP contribution in [0.3, 0.4) is 0 Å². The number of amides is 3. The molecule has 1 aromatic heterocycles. The van der Waals surface area contributed by atoms with Crippen molar-refractivity contribution in [2.45, 2.75) is 32.4 Å². The van der Waals surface area contributed by atoms with Gasteiger partial charge in [-0.2, -0.15) is 0 Å². The molecule has 3 amide bonds. The van der Waals surface area contributed by atoms with Crippen LogP contribution in [-0.2, 0) is 17.9 Å². The number of piperidine rings is 1. The largest absolute Gasteiger partial charge is 0.338 e. The van der Waals surface area contributed by atoms with E-state index in [-0.39, 0.29) is 11.9 Å². The highest BCUT2D eigenvalue weighted by Crippen LogP contribution is 2.17. The molecule has 1 aliphatic heterocycles. The number of hydrogen-bond acceptors (Lipinski definition) is 3. The number of carbonyl (C=O) groups is 2. The number of benzene rings is 1. The fraction of sp³-hybridized carbons (Fsp3) is 0.333. The Hall–Kier alpha value is -2.34.